The third kappa shape index (κ3) is 5.70. The zero-order valence-electron chi connectivity index (χ0n) is 18.4. The molecular formula is C23H21ClN6O4S. The molecular weight excluding hydrogens is 492 g/mol. The van der Waals surface area contributed by atoms with Crippen LogP contribution in [0.15, 0.2) is 71.6 Å². The number of ether oxygens (including phenoxy) is 1. The van der Waals surface area contributed by atoms with Gasteiger partial charge in [0.2, 0.25) is 5.91 Å². The predicted octanol–water partition coefficient (Wildman–Crippen LogP) is 3.73. The normalized spacial score (nSPS) is 11.1. The van der Waals surface area contributed by atoms with Gasteiger partial charge in [-0.25, -0.2) is 18.4 Å². The number of amides is 1. The zero-order chi connectivity index (χ0) is 25.0. The number of fused-ring (bicyclic) bond motifs is 1. The van der Waals surface area contributed by atoms with Gasteiger partial charge < -0.3 is 21.1 Å². The minimum absolute atomic E-state index is 0.0296. The molecule has 0 aliphatic heterocycles. The van der Waals surface area contributed by atoms with Crippen LogP contribution < -0.4 is 25.8 Å². The molecule has 0 fully saturated rings. The molecule has 0 saturated carbocycles. The topological polar surface area (TPSA) is 148 Å². The van der Waals surface area contributed by atoms with E-state index >= 15 is 0 Å². The van der Waals surface area contributed by atoms with E-state index in [-0.39, 0.29) is 23.1 Å². The largest absolute Gasteiger partial charge is 0.497 e. The maximum atomic E-state index is 13.2. The summed E-state index contributed by atoms with van der Waals surface area (Å²) in [5, 5.41) is 6.20. The van der Waals surface area contributed by atoms with Gasteiger partial charge in [-0.1, -0.05) is 29.8 Å². The van der Waals surface area contributed by atoms with E-state index in [4.69, 9.17) is 22.1 Å². The molecule has 0 atom stereocenters. The summed E-state index contributed by atoms with van der Waals surface area (Å²) in [6.45, 7) is -0.136. The van der Waals surface area contributed by atoms with Gasteiger partial charge in [-0.2, -0.15) is 0 Å². The van der Waals surface area contributed by atoms with Crippen LogP contribution in [0.4, 0.5) is 23.0 Å². The van der Waals surface area contributed by atoms with Crippen LogP contribution in [0.1, 0.15) is 0 Å². The lowest BCUT2D eigenvalue weighted by molar-refractivity contribution is -0.116. The summed E-state index contributed by atoms with van der Waals surface area (Å²) in [5.74, 6) is 0.0892. The van der Waals surface area contributed by atoms with E-state index in [1.807, 2.05) is 0 Å². The number of rotatable bonds is 9. The van der Waals surface area contributed by atoms with Gasteiger partial charge in [0, 0.05) is 11.8 Å². The average Bonchev–Trinajstić information content (AvgIpc) is 2.84. The lowest BCUT2D eigenvalue weighted by Gasteiger charge is -2.15. The second-order valence-electron chi connectivity index (χ2n) is 7.33. The van der Waals surface area contributed by atoms with Gasteiger partial charge in [-0.05, 0) is 42.5 Å². The maximum absolute atomic E-state index is 13.2. The second kappa shape index (κ2) is 10.0. The minimum atomic E-state index is -4.09. The van der Waals surface area contributed by atoms with Crippen molar-refractivity contribution < 1.29 is 17.9 Å². The van der Waals surface area contributed by atoms with Gasteiger partial charge in [0.1, 0.15) is 5.75 Å². The Bertz CT molecular complexity index is 1510. The van der Waals surface area contributed by atoms with Crippen LogP contribution in [0.3, 0.4) is 0 Å². The van der Waals surface area contributed by atoms with Gasteiger partial charge in [-0.15, -0.1) is 0 Å². The van der Waals surface area contributed by atoms with E-state index in [1.54, 1.807) is 54.6 Å². The quantitative estimate of drug-likeness (QED) is 0.265. The van der Waals surface area contributed by atoms with Crippen LogP contribution in [-0.2, 0) is 14.8 Å². The van der Waals surface area contributed by atoms with E-state index in [1.165, 1.54) is 19.2 Å². The monoisotopic (exact) mass is 512 g/mol. The molecule has 12 heteroatoms. The highest BCUT2D eigenvalue weighted by Gasteiger charge is 2.20. The molecule has 180 valence electrons. The summed E-state index contributed by atoms with van der Waals surface area (Å²) in [6.07, 6.45) is 0. The Morgan fingerprint density at radius 2 is 1.71 bits per heavy atom. The van der Waals surface area contributed by atoms with Crippen molar-refractivity contribution in [3.63, 3.8) is 0 Å². The summed E-state index contributed by atoms with van der Waals surface area (Å²) < 4.78 is 34.2. The lowest BCUT2D eigenvalue weighted by Crippen LogP contribution is -2.22. The number of carbonyl (C=O) groups is 1. The third-order valence-corrected chi connectivity index (χ3v) is 6.51. The second-order valence-corrected chi connectivity index (χ2v) is 9.42. The number of carbonyl (C=O) groups excluding carboxylic acids is 1. The number of methoxy groups -OCH3 is 1. The number of hydrogen-bond donors (Lipinski definition) is 4. The minimum Gasteiger partial charge on any atom is -0.497 e. The molecule has 0 bridgehead atoms. The Hall–Kier alpha value is -4.09. The van der Waals surface area contributed by atoms with E-state index in [2.05, 4.69) is 25.3 Å². The molecule has 10 nitrogen and oxygen atoms in total. The van der Waals surface area contributed by atoms with E-state index in [9.17, 15) is 13.2 Å². The van der Waals surface area contributed by atoms with E-state index in [0.717, 1.165) is 0 Å². The molecule has 1 amide bonds. The number of benzene rings is 3. The molecule has 35 heavy (non-hydrogen) atoms. The van der Waals surface area contributed by atoms with Gasteiger partial charge in [-0.3, -0.25) is 9.52 Å². The number of nitrogens with two attached hydrogens (primary N) is 1. The fourth-order valence-corrected chi connectivity index (χ4v) is 4.38. The molecule has 0 saturated heterocycles. The van der Waals surface area contributed by atoms with Crippen molar-refractivity contribution >= 4 is 61.6 Å². The number of anilines is 4. The van der Waals surface area contributed by atoms with E-state index in [0.29, 0.717) is 33.2 Å². The molecule has 1 heterocycles. The number of para-hydroxylation sites is 2. The number of hydrogen-bond acceptors (Lipinski definition) is 8. The standard InChI is InChI=1S/C23H21ClN6O4S/c1-34-15-9-10-17(24)20(12-15)29-22-23(28-19-8-3-2-7-18(19)27-22)30-35(32,33)16-6-4-5-14(11-16)26-13-21(25)31/h2-12,26H,13H2,1H3,(H2,25,31)(H,27,29)(H,28,30). The molecule has 0 unspecified atom stereocenters. The summed E-state index contributed by atoms with van der Waals surface area (Å²) in [5.41, 5.74) is 7.06. The number of primary amides is 1. The number of halogens is 1. The van der Waals surface area contributed by atoms with Crippen LogP contribution in [-0.4, -0.2) is 37.9 Å². The van der Waals surface area contributed by atoms with Crippen molar-refractivity contribution in [1.82, 2.24) is 9.97 Å². The fraction of sp³-hybridized carbons (Fsp3) is 0.0870. The molecule has 0 aliphatic rings. The first kappa shape index (κ1) is 24.0. The average molecular weight is 513 g/mol. The van der Waals surface area contributed by atoms with Crippen LogP contribution in [0.2, 0.25) is 5.02 Å². The molecule has 4 rings (SSSR count). The van der Waals surface area contributed by atoms with Crippen molar-refractivity contribution in [3.05, 3.63) is 71.8 Å². The van der Waals surface area contributed by atoms with Gasteiger partial charge in [0.15, 0.2) is 11.6 Å². The number of nitrogens with one attached hydrogen (secondary N) is 3. The predicted molar refractivity (Wildman–Crippen MR) is 136 cm³/mol. The van der Waals surface area contributed by atoms with Gasteiger partial charge in [0.25, 0.3) is 10.0 Å². The highest BCUT2D eigenvalue weighted by Crippen LogP contribution is 2.32. The number of aromatic nitrogens is 2. The van der Waals surface area contributed by atoms with Gasteiger partial charge >= 0.3 is 0 Å². The van der Waals surface area contributed by atoms with Crippen LogP contribution in [0.5, 0.6) is 5.75 Å². The smallest absolute Gasteiger partial charge is 0.263 e. The van der Waals surface area contributed by atoms with Crippen LogP contribution >= 0.6 is 11.6 Å². The maximum Gasteiger partial charge on any atom is 0.263 e. The Morgan fingerprint density at radius 3 is 2.40 bits per heavy atom. The summed E-state index contributed by atoms with van der Waals surface area (Å²) >= 11 is 6.33. The van der Waals surface area contributed by atoms with E-state index < -0.39 is 15.9 Å². The summed E-state index contributed by atoms with van der Waals surface area (Å²) in [6, 6.07) is 18.0. The zero-order valence-corrected chi connectivity index (χ0v) is 20.0. The molecule has 0 spiro atoms. The molecule has 0 radical (unpaired) electrons. The first-order chi connectivity index (χ1) is 16.7. The van der Waals surface area contributed by atoms with Crippen LogP contribution in [0, 0.1) is 0 Å². The van der Waals surface area contributed by atoms with Crippen molar-refractivity contribution in [2.24, 2.45) is 5.73 Å². The SMILES string of the molecule is COc1ccc(Cl)c(Nc2nc3ccccc3nc2NS(=O)(=O)c2cccc(NCC(N)=O)c2)c1. The third-order valence-electron chi connectivity index (χ3n) is 4.84. The summed E-state index contributed by atoms with van der Waals surface area (Å²) in [7, 11) is -2.56. The molecule has 3 aromatic carbocycles. The highest BCUT2D eigenvalue weighted by molar-refractivity contribution is 7.92. The van der Waals surface area contributed by atoms with Crippen molar-refractivity contribution in [2.75, 3.05) is 29.0 Å². The Morgan fingerprint density at radius 1 is 1.00 bits per heavy atom. The molecule has 5 N–H and O–H groups in total. The Kier molecular flexibility index (Phi) is 6.90. The highest BCUT2D eigenvalue weighted by atomic mass is 35.5. The number of nitrogens with zero attached hydrogens (tertiary/aromatic N) is 2. The van der Waals surface area contributed by atoms with Gasteiger partial charge in [0.05, 0.1) is 40.3 Å². The molecule has 4 aromatic rings. The molecule has 1 aromatic heterocycles. The van der Waals surface area contributed by atoms with Crippen molar-refractivity contribution in [2.45, 2.75) is 4.90 Å². The first-order valence-electron chi connectivity index (χ1n) is 10.3. The van der Waals surface area contributed by atoms with Crippen molar-refractivity contribution in [3.8, 4) is 5.75 Å². The Labute approximate surface area is 206 Å². The fourth-order valence-electron chi connectivity index (χ4n) is 3.16. The molecule has 0 aliphatic carbocycles. The Balaban J connectivity index is 1.73. The number of sulfonamides is 1. The lowest BCUT2D eigenvalue weighted by atomic mass is 10.3. The van der Waals surface area contributed by atoms with Crippen LogP contribution in [0.25, 0.3) is 11.0 Å². The van der Waals surface area contributed by atoms with Crippen molar-refractivity contribution in [1.29, 1.82) is 0 Å². The first-order valence-corrected chi connectivity index (χ1v) is 12.1. The summed E-state index contributed by atoms with van der Waals surface area (Å²) in [4.78, 5) is 20.0.